The highest BCUT2D eigenvalue weighted by atomic mass is 32.2. The predicted molar refractivity (Wildman–Crippen MR) is 174 cm³/mol. The summed E-state index contributed by atoms with van der Waals surface area (Å²) in [5.41, 5.74) is 2.24. The summed E-state index contributed by atoms with van der Waals surface area (Å²) in [5, 5.41) is 12.8. The molecule has 236 valence electrons. The maximum absolute atomic E-state index is 13.9. The maximum Gasteiger partial charge on any atom is 0.259 e. The number of halogens is 1. The highest BCUT2D eigenvalue weighted by Gasteiger charge is 2.35. The van der Waals surface area contributed by atoms with Crippen LogP contribution in [0.1, 0.15) is 33.6 Å². The van der Waals surface area contributed by atoms with Gasteiger partial charge in [0.1, 0.15) is 23.0 Å². The molecular formula is C34H31FN4O6S. The summed E-state index contributed by atoms with van der Waals surface area (Å²) in [6.45, 7) is -0.717. The normalized spacial score (nSPS) is 13.0. The van der Waals surface area contributed by atoms with Crippen LogP contribution in [0.5, 0.6) is 0 Å². The molecule has 0 radical (unpaired) electrons. The number of nitrogens with zero attached hydrogens (tertiary/aromatic N) is 3. The average molecular weight is 643 g/mol. The lowest BCUT2D eigenvalue weighted by atomic mass is 9.97. The maximum atomic E-state index is 13.9. The van der Waals surface area contributed by atoms with E-state index in [0.717, 1.165) is 23.4 Å². The van der Waals surface area contributed by atoms with Gasteiger partial charge in [-0.15, -0.1) is 0 Å². The minimum absolute atomic E-state index is 0.0224. The van der Waals surface area contributed by atoms with Gasteiger partial charge in [0.15, 0.2) is 0 Å². The Bertz CT molecular complexity index is 2040. The number of pyridine rings is 1. The third kappa shape index (κ3) is 5.96. The highest BCUT2D eigenvalue weighted by molar-refractivity contribution is 7.92. The topological polar surface area (TPSA) is 133 Å². The number of sulfonamides is 1. The number of carbonyl (C=O) groups is 2. The van der Waals surface area contributed by atoms with Crippen LogP contribution >= 0.6 is 0 Å². The van der Waals surface area contributed by atoms with Gasteiger partial charge in [0, 0.05) is 47.4 Å². The molecule has 46 heavy (non-hydrogen) atoms. The zero-order valence-electron chi connectivity index (χ0n) is 25.1. The number of aliphatic hydroxyl groups is 1. The first-order chi connectivity index (χ1) is 22.1. The zero-order chi connectivity index (χ0) is 32.6. The molecule has 3 aromatic carbocycles. The Morgan fingerprint density at radius 3 is 2.41 bits per heavy atom. The molecule has 0 unspecified atom stereocenters. The van der Waals surface area contributed by atoms with Crippen molar-refractivity contribution >= 4 is 44.3 Å². The Kier molecular flexibility index (Phi) is 8.32. The molecule has 0 bridgehead atoms. The summed E-state index contributed by atoms with van der Waals surface area (Å²) >= 11 is 0. The molecule has 0 spiro atoms. The van der Waals surface area contributed by atoms with Gasteiger partial charge >= 0.3 is 0 Å². The van der Waals surface area contributed by atoms with Gasteiger partial charge in [-0.2, -0.15) is 0 Å². The SMILES string of the molecule is CNC(=O)c1c(-c2ccc(F)cc2)oc2cc(N(CCO)S(C)(=O)=O)c(-c3cccc(C(=O)N(c4ccccn4)C4CC4)c3)cc12. The predicted octanol–water partition coefficient (Wildman–Crippen LogP) is 5.23. The van der Waals surface area contributed by atoms with Gasteiger partial charge in [0.25, 0.3) is 11.8 Å². The van der Waals surface area contributed by atoms with Crippen molar-refractivity contribution in [3.63, 3.8) is 0 Å². The lowest BCUT2D eigenvalue weighted by molar-refractivity contribution is 0.0962. The zero-order valence-corrected chi connectivity index (χ0v) is 25.9. The third-order valence-electron chi connectivity index (χ3n) is 7.79. The van der Waals surface area contributed by atoms with Crippen LogP contribution < -0.4 is 14.5 Å². The summed E-state index contributed by atoms with van der Waals surface area (Å²) in [4.78, 5) is 33.2. The second-order valence-electron chi connectivity index (χ2n) is 11.0. The van der Waals surface area contributed by atoms with E-state index in [-0.39, 0.29) is 41.1 Å². The Morgan fingerprint density at radius 1 is 1.02 bits per heavy atom. The number of carbonyl (C=O) groups excluding carboxylic acids is 2. The van der Waals surface area contributed by atoms with Gasteiger partial charge < -0.3 is 14.8 Å². The molecule has 0 aliphatic heterocycles. The molecule has 10 nitrogen and oxygen atoms in total. The number of nitrogens with one attached hydrogen (secondary N) is 1. The van der Waals surface area contributed by atoms with E-state index in [1.165, 1.54) is 37.4 Å². The summed E-state index contributed by atoms with van der Waals surface area (Å²) < 4.78 is 47.1. The van der Waals surface area contributed by atoms with Crippen molar-refractivity contribution in [1.29, 1.82) is 0 Å². The Balaban J connectivity index is 1.57. The number of hydrogen-bond donors (Lipinski definition) is 2. The molecule has 2 amide bonds. The standard InChI is InChI=1S/C34H31FN4O6S/c1-36-33(41)31-27-19-26(22-6-5-7-23(18-22)34(42)39(25-13-14-25)30-8-3-4-15-37-30)28(38(16-17-40)46(2,43)44)20-29(27)45-32(31)21-9-11-24(35)12-10-21/h3-12,15,18-20,25,40H,13-14,16-17H2,1-2H3,(H,36,41). The monoisotopic (exact) mass is 642 g/mol. The van der Waals surface area contributed by atoms with Crippen LogP contribution in [0.4, 0.5) is 15.9 Å². The van der Waals surface area contributed by atoms with Crippen LogP contribution in [-0.2, 0) is 10.0 Å². The van der Waals surface area contributed by atoms with E-state index in [2.05, 4.69) is 10.3 Å². The van der Waals surface area contributed by atoms with Crippen LogP contribution in [0.25, 0.3) is 33.4 Å². The minimum Gasteiger partial charge on any atom is -0.455 e. The molecular weight excluding hydrogens is 611 g/mol. The average Bonchev–Trinajstić information content (AvgIpc) is 3.82. The number of hydrogen-bond acceptors (Lipinski definition) is 7. The number of amides is 2. The second kappa shape index (κ2) is 12.4. The van der Waals surface area contributed by atoms with Crippen LogP contribution in [0, 0.1) is 5.82 Å². The first-order valence-electron chi connectivity index (χ1n) is 14.6. The molecule has 1 aliphatic carbocycles. The first-order valence-corrected chi connectivity index (χ1v) is 16.5. The van der Waals surface area contributed by atoms with E-state index < -0.39 is 28.4 Å². The fourth-order valence-electron chi connectivity index (χ4n) is 5.53. The largest absolute Gasteiger partial charge is 0.455 e. The summed E-state index contributed by atoms with van der Waals surface area (Å²) in [7, 11) is -2.44. The third-order valence-corrected chi connectivity index (χ3v) is 8.97. The van der Waals surface area contributed by atoms with E-state index >= 15 is 0 Å². The van der Waals surface area contributed by atoms with E-state index in [1.807, 2.05) is 6.07 Å². The Morgan fingerprint density at radius 2 is 1.78 bits per heavy atom. The van der Waals surface area contributed by atoms with E-state index in [0.29, 0.717) is 33.5 Å². The smallest absolute Gasteiger partial charge is 0.259 e. The van der Waals surface area contributed by atoms with Crippen molar-refractivity contribution in [1.82, 2.24) is 10.3 Å². The minimum atomic E-state index is -3.91. The molecule has 1 fully saturated rings. The van der Waals surface area contributed by atoms with Gasteiger partial charge in [-0.3, -0.25) is 18.8 Å². The first kappa shape index (κ1) is 30.9. The number of benzene rings is 3. The van der Waals surface area contributed by atoms with Crippen molar-refractivity contribution in [3.8, 4) is 22.5 Å². The molecule has 2 heterocycles. The van der Waals surface area contributed by atoms with Crippen molar-refractivity contribution in [3.05, 3.63) is 102 Å². The number of rotatable bonds is 10. The second-order valence-corrected chi connectivity index (χ2v) is 12.9. The Labute approximate surface area is 265 Å². The molecule has 12 heteroatoms. The van der Waals surface area contributed by atoms with Crippen LogP contribution in [0.15, 0.2) is 89.5 Å². The molecule has 0 saturated heterocycles. The van der Waals surface area contributed by atoms with Crippen LogP contribution in [0.2, 0.25) is 0 Å². The fraction of sp³-hybridized carbons (Fsp3) is 0.206. The molecule has 0 atom stereocenters. The van der Waals surface area contributed by atoms with Crippen molar-refractivity contribution in [2.45, 2.75) is 18.9 Å². The number of aliphatic hydroxyl groups excluding tert-OH is 1. The van der Waals surface area contributed by atoms with Gasteiger partial charge in [-0.05, 0) is 73.0 Å². The molecule has 6 rings (SSSR count). The number of anilines is 2. The van der Waals surface area contributed by atoms with Gasteiger partial charge in [-0.1, -0.05) is 18.2 Å². The number of aromatic nitrogens is 1. The van der Waals surface area contributed by atoms with Crippen LogP contribution in [0.3, 0.4) is 0 Å². The van der Waals surface area contributed by atoms with Crippen molar-refractivity contribution in [2.24, 2.45) is 0 Å². The lowest BCUT2D eigenvalue weighted by Gasteiger charge is -2.25. The fourth-order valence-corrected chi connectivity index (χ4v) is 6.45. The van der Waals surface area contributed by atoms with E-state index in [1.54, 1.807) is 53.6 Å². The quantitative estimate of drug-likeness (QED) is 0.213. The van der Waals surface area contributed by atoms with E-state index in [4.69, 9.17) is 4.42 Å². The van der Waals surface area contributed by atoms with Crippen LogP contribution in [-0.4, -0.2) is 62.8 Å². The summed E-state index contributed by atoms with van der Waals surface area (Å²) in [6.07, 6.45) is 4.36. The van der Waals surface area contributed by atoms with Crippen molar-refractivity contribution < 1.29 is 31.9 Å². The van der Waals surface area contributed by atoms with E-state index in [9.17, 15) is 27.5 Å². The van der Waals surface area contributed by atoms with Crippen molar-refractivity contribution in [2.75, 3.05) is 35.7 Å². The lowest BCUT2D eigenvalue weighted by Crippen LogP contribution is -2.34. The number of furan rings is 1. The molecule has 5 aromatic rings. The molecule has 2 aromatic heterocycles. The summed E-state index contributed by atoms with van der Waals surface area (Å²) in [6, 6.07) is 20.8. The highest BCUT2D eigenvalue weighted by Crippen LogP contribution is 2.42. The number of fused-ring (bicyclic) bond motifs is 1. The van der Waals surface area contributed by atoms with Gasteiger partial charge in [0.2, 0.25) is 10.0 Å². The molecule has 1 aliphatic rings. The van der Waals surface area contributed by atoms with Gasteiger partial charge in [-0.25, -0.2) is 17.8 Å². The van der Waals surface area contributed by atoms with Gasteiger partial charge in [0.05, 0.1) is 30.7 Å². The molecule has 2 N–H and O–H groups in total. The summed E-state index contributed by atoms with van der Waals surface area (Å²) in [5.74, 6) is -0.475. The molecule has 1 saturated carbocycles. The Hall–Kier alpha value is -5.07.